The van der Waals surface area contributed by atoms with Crippen LogP contribution < -0.4 is 15.8 Å². The van der Waals surface area contributed by atoms with Gasteiger partial charge in [-0.15, -0.1) is 0 Å². The summed E-state index contributed by atoms with van der Waals surface area (Å²) in [5, 5.41) is 2.74. The fourth-order valence-corrected chi connectivity index (χ4v) is 2.74. The van der Waals surface area contributed by atoms with Gasteiger partial charge in [-0.2, -0.15) is 0 Å². The standard InChI is InChI=1S/C12H14F2N2O/c13-12(14)6-16-4-3-11(12)7-17-10-5-8(15)1-2-9(10)11/h1-2,5,16H,3-4,6-7,15H2. The molecule has 1 aromatic rings. The Hall–Kier alpha value is -1.36. The van der Waals surface area contributed by atoms with Gasteiger partial charge in [-0.05, 0) is 19.0 Å². The molecule has 0 amide bonds. The second-order valence-corrected chi connectivity index (χ2v) is 4.76. The van der Waals surface area contributed by atoms with Crippen molar-refractivity contribution in [1.29, 1.82) is 0 Å². The van der Waals surface area contributed by atoms with Crippen molar-refractivity contribution in [2.45, 2.75) is 17.8 Å². The molecule has 0 aliphatic carbocycles. The number of nitrogens with one attached hydrogen (secondary N) is 1. The maximum absolute atomic E-state index is 14.2. The largest absolute Gasteiger partial charge is 0.492 e. The van der Waals surface area contributed by atoms with E-state index < -0.39 is 11.3 Å². The van der Waals surface area contributed by atoms with Crippen LogP contribution in [0.4, 0.5) is 14.5 Å². The normalized spacial score (nSPS) is 30.0. The molecule has 0 radical (unpaired) electrons. The summed E-state index contributed by atoms with van der Waals surface area (Å²) in [7, 11) is 0. The van der Waals surface area contributed by atoms with Crippen LogP contribution in [0.15, 0.2) is 18.2 Å². The third-order valence-electron chi connectivity index (χ3n) is 3.77. The molecule has 1 unspecified atom stereocenters. The van der Waals surface area contributed by atoms with Gasteiger partial charge < -0.3 is 15.8 Å². The fraction of sp³-hybridized carbons (Fsp3) is 0.500. The Balaban J connectivity index is 2.12. The zero-order valence-corrected chi connectivity index (χ0v) is 9.30. The Bertz CT molecular complexity index is 464. The van der Waals surface area contributed by atoms with Crippen LogP contribution in [0.3, 0.4) is 0 Å². The SMILES string of the molecule is Nc1ccc2c(c1)OCC21CCNCC1(F)F. The Morgan fingerprint density at radius 1 is 1.35 bits per heavy atom. The summed E-state index contributed by atoms with van der Waals surface area (Å²) < 4.78 is 33.8. The third-order valence-corrected chi connectivity index (χ3v) is 3.77. The van der Waals surface area contributed by atoms with E-state index in [2.05, 4.69) is 5.32 Å². The van der Waals surface area contributed by atoms with Gasteiger partial charge in [0.2, 0.25) is 0 Å². The molecule has 2 aliphatic rings. The van der Waals surface area contributed by atoms with Crippen molar-refractivity contribution in [3.8, 4) is 5.75 Å². The van der Waals surface area contributed by atoms with Crippen molar-refractivity contribution in [1.82, 2.24) is 5.32 Å². The number of hydrogen-bond donors (Lipinski definition) is 2. The van der Waals surface area contributed by atoms with Crippen molar-refractivity contribution in [2.75, 3.05) is 25.4 Å². The molecule has 2 heterocycles. The number of nitrogens with two attached hydrogens (primary N) is 1. The summed E-state index contributed by atoms with van der Waals surface area (Å²) in [5.74, 6) is -2.28. The van der Waals surface area contributed by atoms with Gasteiger partial charge >= 0.3 is 0 Å². The minimum atomic E-state index is -2.79. The smallest absolute Gasteiger partial charge is 0.273 e. The summed E-state index contributed by atoms with van der Waals surface area (Å²) in [4.78, 5) is 0. The van der Waals surface area contributed by atoms with E-state index in [-0.39, 0.29) is 13.2 Å². The number of anilines is 1. The van der Waals surface area contributed by atoms with Gasteiger partial charge in [0, 0.05) is 17.3 Å². The molecule has 3 rings (SSSR count). The number of fused-ring (bicyclic) bond motifs is 2. The maximum Gasteiger partial charge on any atom is 0.273 e. The second-order valence-electron chi connectivity index (χ2n) is 4.76. The van der Waals surface area contributed by atoms with Gasteiger partial charge in [-0.1, -0.05) is 6.07 Å². The molecule has 2 aliphatic heterocycles. The van der Waals surface area contributed by atoms with E-state index >= 15 is 0 Å². The van der Waals surface area contributed by atoms with Gasteiger partial charge in [0.15, 0.2) is 0 Å². The third kappa shape index (κ3) is 1.35. The zero-order valence-electron chi connectivity index (χ0n) is 9.30. The van der Waals surface area contributed by atoms with Gasteiger partial charge in [-0.25, -0.2) is 8.78 Å². The maximum atomic E-state index is 14.2. The molecule has 5 heteroatoms. The van der Waals surface area contributed by atoms with E-state index in [1.165, 1.54) is 0 Å². The highest BCUT2D eigenvalue weighted by atomic mass is 19.3. The molecular weight excluding hydrogens is 226 g/mol. The van der Waals surface area contributed by atoms with Gasteiger partial charge in [0.25, 0.3) is 5.92 Å². The van der Waals surface area contributed by atoms with Gasteiger partial charge in [-0.3, -0.25) is 0 Å². The van der Waals surface area contributed by atoms with Crippen molar-refractivity contribution in [3.63, 3.8) is 0 Å². The van der Waals surface area contributed by atoms with E-state index in [0.29, 0.717) is 30.0 Å². The molecule has 1 atom stereocenters. The molecule has 92 valence electrons. The minimum absolute atomic E-state index is 0.0421. The first-order chi connectivity index (χ1) is 8.05. The van der Waals surface area contributed by atoms with Crippen LogP contribution in [0.1, 0.15) is 12.0 Å². The topological polar surface area (TPSA) is 47.3 Å². The summed E-state index contributed by atoms with van der Waals surface area (Å²) in [6, 6.07) is 4.96. The summed E-state index contributed by atoms with van der Waals surface area (Å²) in [5.41, 5.74) is 5.59. The summed E-state index contributed by atoms with van der Waals surface area (Å²) in [6.07, 6.45) is 0.386. The number of benzene rings is 1. The summed E-state index contributed by atoms with van der Waals surface area (Å²) >= 11 is 0. The second kappa shape index (κ2) is 3.32. The highest BCUT2D eigenvalue weighted by Crippen LogP contribution is 2.51. The molecule has 1 fully saturated rings. The predicted molar refractivity (Wildman–Crippen MR) is 60.5 cm³/mol. The van der Waals surface area contributed by atoms with Crippen molar-refractivity contribution in [2.24, 2.45) is 0 Å². The zero-order chi connectivity index (χ0) is 12.1. The average Bonchev–Trinajstić information content (AvgIpc) is 2.63. The number of rotatable bonds is 0. The lowest BCUT2D eigenvalue weighted by atomic mass is 9.72. The predicted octanol–water partition coefficient (Wildman–Crippen LogP) is 1.53. The Kier molecular flexibility index (Phi) is 2.10. The van der Waals surface area contributed by atoms with Crippen LogP contribution in [0.25, 0.3) is 0 Å². The van der Waals surface area contributed by atoms with Gasteiger partial charge in [0.05, 0.1) is 12.0 Å². The van der Waals surface area contributed by atoms with Crippen LogP contribution >= 0.6 is 0 Å². The highest BCUT2D eigenvalue weighted by molar-refractivity contribution is 5.54. The molecule has 17 heavy (non-hydrogen) atoms. The molecular formula is C12H14F2N2O. The molecule has 0 aromatic heterocycles. The number of alkyl halides is 2. The lowest BCUT2D eigenvalue weighted by molar-refractivity contribution is -0.0999. The number of piperidine rings is 1. The van der Waals surface area contributed by atoms with Crippen LogP contribution in [-0.4, -0.2) is 25.6 Å². The summed E-state index contributed by atoms with van der Waals surface area (Å²) in [6.45, 7) is 0.337. The van der Waals surface area contributed by atoms with E-state index in [9.17, 15) is 8.78 Å². The Labute approximate surface area is 97.9 Å². The van der Waals surface area contributed by atoms with Crippen LogP contribution in [-0.2, 0) is 5.41 Å². The number of halogens is 2. The van der Waals surface area contributed by atoms with Crippen LogP contribution in [0, 0.1) is 0 Å². The lowest BCUT2D eigenvalue weighted by Crippen LogP contribution is -2.57. The quantitative estimate of drug-likeness (QED) is 0.676. The Morgan fingerprint density at radius 3 is 2.94 bits per heavy atom. The first-order valence-corrected chi connectivity index (χ1v) is 5.67. The van der Waals surface area contributed by atoms with Crippen LogP contribution in [0.2, 0.25) is 0 Å². The van der Waals surface area contributed by atoms with E-state index in [1.54, 1.807) is 18.2 Å². The molecule has 0 saturated carbocycles. The first kappa shape index (κ1) is 10.8. The number of hydrogen-bond acceptors (Lipinski definition) is 3. The monoisotopic (exact) mass is 240 g/mol. The Morgan fingerprint density at radius 2 is 2.18 bits per heavy atom. The first-order valence-electron chi connectivity index (χ1n) is 5.67. The molecule has 1 saturated heterocycles. The lowest BCUT2D eigenvalue weighted by Gasteiger charge is -2.40. The van der Waals surface area contributed by atoms with Crippen LogP contribution in [0.5, 0.6) is 5.75 Å². The van der Waals surface area contributed by atoms with Gasteiger partial charge in [0.1, 0.15) is 12.4 Å². The van der Waals surface area contributed by atoms with Crippen molar-refractivity contribution >= 4 is 5.69 Å². The molecule has 1 spiro atoms. The highest BCUT2D eigenvalue weighted by Gasteiger charge is 2.60. The molecule has 1 aromatic carbocycles. The minimum Gasteiger partial charge on any atom is -0.492 e. The number of nitrogen functional groups attached to an aromatic ring is 1. The van der Waals surface area contributed by atoms with Crippen molar-refractivity contribution < 1.29 is 13.5 Å². The van der Waals surface area contributed by atoms with E-state index in [0.717, 1.165) is 0 Å². The molecule has 0 bridgehead atoms. The average molecular weight is 240 g/mol. The molecule has 3 N–H and O–H groups in total. The number of ether oxygens (including phenoxy) is 1. The van der Waals surface area contributed by atoms with E-state index in [1.807, 2.05) is 0 Å². The fourth-order valence-electron chi connectivity index (χ4n) is 2.74. The molecule has 3 nitrogen and oxygen atoms in total. The van der Waals surface area contributed by atoms with E-state index in [4.69, 9.17) is 10.5 Å². The van der Waals surface area contributed by atoms with Crippen molar-refractivity contribution in [3.05, 3.63) is 23.8 Å².